The van der Waals surface area contributed by atoms with Gasteiger partial charge in [-0.05, 0) is 18.1 Å². The van der Waals surface area contributed by atoms with Crippen LogP contribution >= 0.6 is 0 Å². The Hall–Kier alpha value is -1.75. The van der Waals surface area contributed by atoms with Crippen molar-refractivity contribution in [2.75, 3.05) is 0 Å². The number of hydrogen-bond donors (Lipinski definition) is 1. The molecule has 2 aromatic heterocycles. The summed E-state index contributed by atoms with van der Waals surface area (Å²) >= 11 is 0. The first-order chi connectivity index (χ1) is 8.24. The van der Waals surface area contributed by atoms with Crippen LogP contribution in [0.25, 0.3) is 11.6 Å². The van der Waals surface area contributed by atoms with Gasteiger partial charge >= 0.3 is 0 Å². The Kier molecular flexibility index (Phi) is 3.49. The highest BCUT2D eigenvalue weighted by Crippen LogP contribution is 2.20. The largest absolute Gasteiger partial charge is 0.332 e. The summed E-state index contributed by atoms with van der Waals surface area (Å²) in [5.41, 5.74) is 7.18. The van der Waals surface area contributed by atoms with Crippen molar-refractivity contribution in [2.45, 2.75) is 32.7 Å². The predicted molar refractivity (Wildman–Crippen MR) is 64.1 cm³/mol. The molecule has 0 aliphatic heterocycles. The molecule has 2 N–H and O–H groups in total. The number of nitrogens with two attached hydrogens (primary N) is 1. The molecule has 0 aliphatic carbocycles. The van der Waals surface area contributed by atoms with Crippen LogP contribution in [0.1, 0.15) is 37.6 Å². The van der Waals surface area contributed by atoms with Gasteiger partial charge in [0.2, 0.25) is 0 Å². The molecule has 2 rings (SSSR count). The fraction of sp³-hybridized carbons (Fsp3) is 0.417. The highest BCUT2D eigenvalue weighted by molar-refractivity contribution is 5.46. The van der Waals surface area contributed by atoms with Crippen molar-refractivity contribution in [1.82, 2.24) is 15.1 Å². The van der Waals surface area contributed by atoms with E-state index in [9.17, 15) is 0 Å². The minimum atomic E-state index is 0.302. The maximum Gasteiger partial charge on any atom is 0.276 e. The minimum Gasteiger partial charge on any atom is -0.332 e. The summed E-state index contributed by atoms with van der Waals surface area (Å²) < 4.78 is 5.19. The first kappa shape index (κ1) is 11.7. The third-order valence-corrected chi connectivity index (χ3v) is 2.77. The van der Waals surface area contributed by atoms with E-state index in [1.165, 1.54) is 0 Å². The Morgan fingerprint density at radius 3 is 2.82 bits per heavy atom. The van der Waals surface area contributed by atoms with Gasteiger partial charge in [0.15, 0.2) is 5.82 Å². The van der Waals surface area contributed by atoms with Crippen molar-refractivity contribution in [1.29, 1.82) is 0 Å². The van der Waals surface area contributed by atoms with Gasteiger partial charge in [0.1, 0.15) is 5.69 Å². The normalized spacial score (nSPS) is 12.6. The number of nitrogens with zero attached hydrogens (tertiary/aromatic N) is 3. The molecule has 2 heterocycles. The van der Waals surface area contributed by atoms with E-state index in [4.69, 9.17) is 10.3 Å². The van der Waals surface area contributed by atoms with Crippen molar-refractivity contribution >= 4 is 0 Å². The van der Waals surface area contributed by atoms with Crippen molar-refractivity contribution in [3.63, 3.8) is 0 Å². The Labute approximate surface area is 100 Å². The number of aromatic nitrogens is 3. The quantitative estimate of drug-likeness (QED) is 0.873. The van der Waals surface area contributed by atoms with E-state index >= 15 is 0 Å². The second kappa shape index (κ2) is 5.05. The molecule has 0 fully saturated rings. The monoisotopic (exact) mass is 232 g/mol. The van der Waals surface area contributed by atoms with Crippen molar-refractivity contribution in [2.24, 2.45) is 5.73 Å². The fourth-order valence-corrected chi connectivity index (χ4v) is 1.39. The molecule has 2 aromatic rings. The smallest absolute Gasteiger partial charge is 0.276 e. The zero-order valence-electron chi connectivity index (χ0n) is 10.1. The number of pyridine rings is 1. The van der Waals surface area contributed by atoms with Crippen LogP contribution in [0.3, 0.4) is 0 Å². The van der Waals surface area contributed by atoms with Crippen molar-refractivity contribution in [3.8, 4) is 11.6 Å². The molecular formula is C12H16N4O. The van der Waals surface area contributed by atoms with Gasteiger partial charge in [0.05, 0.1) is 0 Å². The van der Waals surface area contributed by atoms with Crippen LogP contribution in [-0.2, 0) is 6.54 Å². The number of hydrogen-bond acceptors (Lipinski definition) is 5. The number of rotatable bonds is 4. The van der Waals surface area contributed by atoms with Gasteiger partial charge in [-0.25, -0.2) is 0 Å². The van der Waals surface area contributed by atoms with Crippen LogP contribution in [0.4, 0.5) is 0 Å². The molecule has 5 nitrogen and oxygen atoms in total. The predicted octanol–water partition coefficient (Wildman–Crippen LogP) is 2.10. The Balaban J connectivity index is 2.24. The van der Waals surface area contributed by atoms with E-state index in [2.05, 4.69) is 29.0 Å². The zero-order valence-corrected chi connectivity index (χ0v) is 10.1. The average molecular weight is 232 g/mol. The van der Waals surface area contributed by atoms with Crippen LogP contribution in [-0.4, -0.2) is 15.1 Å². The third kappa shape index (κ3) is 2.50. The van der Waals surface area contributed by atoms with Crippen LogP contribution < -0.4 is 5.73 Å². The van der Waals surface area contributed by atoms with Crippen LogP contribution in [0.15, 0.2) is 22.9 Å². The lowest BCUT2D eigenvalue weighted by molar-refractivity contribution is 0.415. The van der Waals surface area contributed by atoms with E-state index in [1.54, 1.807) is 6.20 Å². The second-order valence-electron chi connectivity index (χ2n) is 4.02. The van der Waals surface area contributed by atoms with Gasteiger partial charge in [-0.15, -0.1) is 0 Å². The molecule has 0 bridgehead atoms. The summed E-state index contributed by atoms with van der Waals surface area (Å²) in [6.45, 7) is 4.64. The van der Waals surface area contributed by atoms with Gasteiger partial charge in [-0.2, -0.15) is 4.98 Å². The minimum absolute atomic E-state index is 0.302. The first-order valence-corrected chi connectivity index (χ1v) is 5.73. The lowest BCUT2D eigenvalue weighted by atomic mass is 10.1. The Morgan fingerprint density at radius 1 is 1.41 bits per heavy atom. The highest BCUT2D eigenvalue weighted by Gasteiger charge is 2.13. The standard InChI is InChI=1S/C12H16N4O/c1-3-8(2)11-15-12(17-16-11)10-5-4-9(6-13)7-14-10/h4-5,7-8H,3,6,13H2,1-2H3. The van der Waals surface area contributed by atoms with E-state index in [1.807, 2.05) is 12.1 Å². The molecule has 0 spiro atoms. The van der Waals surface area contributed by atoms with E-state index in [0.717, 1.165) is 17.8 Å². The third-order valence-electron chi connectivity index (χ3n) is 2.77. The summed E-state index contributed by atoms with van der Waals surface area (Å²) in [5, 5.41) is 3.96. The molecule has 0 amide bonds. The summed E-state index contributed by atoms with van der Waals surface area (Å²) in [6.07, 6.45) is 2.71. The fourth-order valence-electron chi connectivity index (χ4n) is 1.39. The molecule has 5 heteroatoms. The molecular weight excluding hydrogens is 216 g/mol. The van der Waals surface area contributed by atoms with Gasteiger partial charge < -0.3 is 10.3 Å². The SMILES string of the molecule is CCC(C)c1noc(-c2ccc(CN)cn2)n1. The molecule has 1 atom stereocenters. The Morgan fingerprint density at radius 2 is 2.24 bits per heavy atom. The molecule has 0 saturated heterocycles. The summed E-state index contributed by atoms with van der Waals surface area (Å²) in [4.78, 5) is 8.58. The lowest BCUT2D eigenvalue weighted by Crippen LogP contribution is -1.97. The van der Waals surface area contributed by atoms with Crippen molar-refractivity contribution < 1.29 is 4.52 Å². The average Bonchev–Trinajstić information content (AvgIpc) is 2.87. The van der Waals surface area contributed by atoms with Crippen LogP contribution in [0.5, 0.6) is 0 Å². The van der Waals surface area contributed by atoms with E-state index in [0.29, 0.717) is 24.0 Å². The molecule has 17 heavy (non-hydrogen) atoms. The first-order valence-electron chi connectivity index (χ1n) is 5.73. The molecule has 0 aliphatic rings. The Bertz CT molecular complexity index is 478. The second-order valence-corrected chi connectivity index (χ2v) is 4.02. The summed E-state index contributed by atoms with van der Waals surface area (Å²) in [5.74, 6) is 1.49. The molecule has 0 saturated carbocycles. The van der Waals surface area contributed by atoms with Crippen LogP contribution in [0.2, 0.25) is 0 Å². The van der Waals surface area contributed by atoms with E-state index < -0.39 is 0 Å². The molecule has 1 unspecified atom stereocenters. The van der Waals surface area contributed by atoms with Gasteiger partial charge in [0, 0.05) is 18.7 Å². The molecule has 0 aromatic carbocycles. The van der Waals surface area contributed by atoms with Crippen LogP contribution in [0, 0.1) is 0 Å². The van der Waals surface area contributed by atoms with E-state index in [-0.39, 0.29) is 0 Å². The van der Waals surface area contributed by atoms with Gasteiger partial charge in [-0.3, -0.25) is 4.98 Å². The molecule has 90 valence electrons. The topological polar surface area (TPSA) is 77.8 Å². The maximum absolute atomic E-state index is 5.51. The van der Waals surface area contributed by atoms with Gasteiger partial charge in [0.25, 0.3) is 5.89 Å². The zero-order chi connectivity index (χ0) is 12.3. The maximum atomic E-state index is 5.51. The highest BCUT2D eigenvalue weighted by atomic mass is 16.5. The molecule has 0 radical (unpaired) electrons. The summed E-state index contributed by atoms with van der Waals surface area (Å²) in [7, 11) is 0. The van der Waals surface area contributed by atoms with Crippen molar-refractivity contribution in [3.05, 3.63) is 29.7 Å². The van der Waals surface area contributed by atoms with Gasteiger partial charge in [-0.1, -0.05) is 25.1 Å². The lowest BCUT2D eigenvalue weighted by Gasteiger charge is -1.99. The summed E-state index contributed by atoms with van der Waals surface area (Å²) in [6, 6.07) is 3.76.